The van der Waals surface area contributed by atoms with E-state index in [9.17, 15) is 0 Å². The number of aromatic nitrogens is 2. The highest BCUT2D eigenvalue weighted by atomic mass is 15.3. The molecule has 0 amide bonds. The Bertz CT molecular complexity index is 592. The van der Waals surface area contributed by atoms with Gasteiger partial charge in [0.25, 0.3) is 0 Å². The van der Waals surface area contributed by atoms with Gasteiger partial charge in [-0.25, -0.2) is 0 Å². The smallest absolute Gasteiger partial charge is 0.0923 e. The van der Waals surface area contributed by atoms with Crippen LogP contribution < -0.4 is 0 Å². The Kier molecular flexibility index (Phi) is 2.41. The van der Waals surface area contributed by atoms with Crippen LogP contribution >= 0.6 is 0 Å². The summed E-state index contributed by atoms with van der Waals surface area (Å²) in [5.74, 6) is 0. The Labute approximate surface area is 101 Å². The van der Waals surface area contributed by atoms with Gasteiger partial charge in [-0.15, -0.1) is 0 Å². The lowest BCUT2D eigenvalue weighted by Crippen LogP contribution is -2.06. The Balaban J connectivity index is 2.04. The summed E-state index contributed by atoms with van der Waals surface area (Å²) in [6.07, 6.45) is 2.07. The minimum absolute atomic E-state index is 0.253. The first kappa shape index (κ1) is 10.1. The number of fused-ring (bicyclic) bond motifs is 1. The van der Waals surface area contributed by atoms with Crippen molar-refractivity contribution in [2.75, 3.05) is 0 Å². The summed E-state index contributed by atoms with van der Waals surface area (Å²) in [4.78, 5) is 0. The van der Waals surface area contributed by atoms with E-state index < -0.39 is 0 Å². The molecular weight excluding hydrogens is 208 g/mol. The van der Waals surface area contributed by atoms with Crippen molar-refractivity contribution >= 4 is 10.9 Å². The summed E-state index contributed by atoms with van der Waals surface area (Å²) >= 11 is 0. The summed E-state index contributed by atoms with van der Waals surface area (Å²) in [7, 11) is 0. The molecule has 0 saturated carbocycles. The molecule has 0 N–H and O–H groups in total. The lowest BCUT2D eigenvalue weighted by atomic mass is 10.1. The van der Waals surface area contributed by atoms with Gasteiger partial charge in [-0.05, 0) is 30.7 Å². The average molecular weight is 221 g/mol. The second-order valence-electron chi connectivity index (χ2n) is 4.18. The van der Waals surface area contributed by atoms with Gasteiger partial charge in [-0.2, -0.15) is 5.10 Å². The maximum Gasteiger partial charge on any atom is 0.0923 e. The molecule has 1 radical (unpaired) electrons. The van der Waals surface area contributed by atoms with Crippen LogP contribution in [0.3, 0.4) is 0 Å². The van der Waals surface area contributed by atoms with Crippen LogP contribution in [-0.2, 0) is 0 Å². The average Bonchev–Trinajstić information content (AvgIpc) is 2.82. The minimum Gasteiger partial charge on any atom is -0.264 e. The molecule has 1 atom stereocenters. The van der Waals surface area contributed by atoms with E-state index in [-0.39, 0.29) is 6.04 Å². The molecule has 1 aromatic heterocycles. The highest BCUT2D eigenvalue weighted by Crippen LogP contribution is 2.20. The fraction of sp³-hybridized carbons (Fsp3) is 0.133. The molecule has 2 nitrogen and oxygen atoms in total. The first-order valence-electron chi connectivity index (χ1n) is 5.74. The number of benzene rings is 2. The number of hydrogen-bond donors (Lipinski definition) is 0. The summed E-state index contributed by atoms with van der Waals surface area (Å²) in [6, 6.07) is 19.6. The van der Waals surface area contributed by atoms with Crippen LogP contribution in [0.15, 0.2) is 54.7 Å². The number of nitrogens with zero attached hydrogens (tertiary/aromatic N) is 2. The van der Waals surface area contributed by atoms with Crippen LogP contribution in [0.25, 0.3) is 10.9 Å². The van der Waals surface area contributed by atoms with Gasteiger partial charge < -0.3 is 0 Å². The quantitative estimate of drug-likeness (QED) is 0.648. The fourth-order valence-electron chi connectivity index (χ4n) is 2.01. The normalized spacial score (nSPS) is 12.8. The van der Waals surface area contributed by atoms with Crippen molar-refractivity contribution < 1.29 is 0 Å². The third kappa shape index (κ3) is 1.82. The van der Waals surface area contributed by atoms with Gasteiger partial charge in [0, 0.05) is 11.6 Å². The molecule has 0 bridgehead atoms. The molecule has 3 aromatic rings. The van der Waals surface area contributed by atoms with Crippen molar-refractivity contribution in [1.29, 1.82) is 0 Å². The summed E-state index contributed by atoms with van der Waals surface area (Å²) < 4.78 is 2.01. The summed E-state index contributed by atoms with van der Waals surface area (Å²) in [6.45, 7) is 2.16. The lowest BCUT2D eigenvalue weighted by Gasteiger charge is -2.11. The van der Waals surface area contributed by atoms with Crippen molar-refractivity contribution in [3.8, 4) is 0 Å². The van der Waals surface area contributed by atoms with Crippen molar-refractivity contribution in [3.63, 3.8) is 0 Å². The largest absolute Gasteiger partial charge is 0.264 e. The van der Waals surface area contributed by atoms with Gasteiger partial charge in [-0.3, -0.25) is 4.68 Å². The monoisotopic (exact) mass is 221 g/mol. The van der Waals surface area contributed by atoms with E-state index in [1.54, 1.807) is 0 Å². The van der Waals surface area contributed by atoms with Crippen LogP contribution in [0.1, 0.15) is 18.5 Å². The maximum atomic E-state index is 4.59. The second kappa shape index (κ2) is 4.06. The zero-order valence-corrected chi connectivity index (χ0v) is 9.67. The van der Waals surface area contributed by atoms with E-state index in [0.717, 1.165) is 10.9 Å². The first-order valence-corrected chi connectivity index (χ1v) is 5.74. The summed E-state index contributed by atoms with van der Waals surface area (Å²) in [5, 5.41) is 5.72. The van der Waals surface area contributed by atoms with E-state index >= 15 is 0 Å². The van der Waals surface area contributed by atoms with E-state index in [1.165, 1.54) is 5.56 Å². The Hall–Kier alpha value is -2.09. The van der Waals surface area contributed by atoms with Crippen molar-refractivity contribution in [1.82, 2.24) is 9.78 Å². The van der Waals surface area contributed by atoms with E-state index in [2.05, 4.69) is 48.6 Å². The molecule has 0 aliphatic rings. The molecule has 0 aliphatic heterocycles. The molecule has 17 heavy (non-hydrogen) atoms. The van der Waals surface area contributed by atoms with Crippen molar-refractivity contribution in [2.45, 2.75) is 13.0 Å². The third-order valence-electron chi connectivity index (χ3n) is 3.05. The molecule has 1 heterocycles. The molecule has 3 rings (SSSR count). The SMILES string of the molecule is CC(c1ccccc1)n1cc2c[c]ccc2n1. The standard InChI is InChI=1S/C15H13N2/c1-12(13-7-3-2-4-8-13)17-11-14-9-5-6-10-15(14)16-17/h2-4,6-12H,1H3. The molecule has 0 saturated heterocycles. The van der Waals surface area contributed by atoms with Crippen LogP contribution in [0.2, 0.25) is 0 Å². The Morgan fingerprint density at radius 3 is 2.76 bits per heavy atom. The van der Waals surface area contributed by atoms with Crippen LogP contribution in [0.4, 0.5) is 0 Å². The van der Waals surface area contributed by atoms with Crippen LogP contribution in [0.5, 0.6) is 0 Å². The van der Waals surface area contributed by atoms with Gasteiger partial charge in [0.2, 0.25) is 0 Å². The molecule has 1 unspecified atom stereocenters. The van der Waals surface area contributed by atoms with Crippen molar-refractivity contribution in [3.05, 3.63) is 66.4 Å². The molecule has 0 fully saturated rings. The Morgan fingerprint density at radius 1 is 1.18 bits per heavy atom. The van der Waals surface area contributed by atoms with Crippen LogP contribution in [0, 0.1) is 6.07 Å². The van der Waals surface area contributed by atoms with Gasteiger partial charge in [0.1, 0.15) is 0 Å². The van der Waals surface area contributed by atoms with Crippen LogP contribution in [-0.4, -0.2) is 9.78 Å². The van der Waals surface area contributed by atoms with Gasteiger partial charge in [0.05, 0.1) is 11.6 Å². The molecule has 0 aliphatic carbocycles. The first-order chi connectivity index (χ1) is 8.34. The minimum atomic E-state index is 0.253. The highest BCUT2D eigenvalue weighted by molar-refractivity contribution is 5.77. The lowest BCUT2D eigenvalue weighted by molar-refractivity contribution is 0.570. The predicted octanol–water partition coefficient (Wildman–Crippen LogP) is 3.45. The van der Waals surface area contributed by atoms with Gasteiger partial charge >= 0.3 is 0 Å². The maximum absolute atomic E-state index is 4.59. The van der Waals surface area contributed by atoms with E-state index in [4.69, 9.17) is 0 Å². The zero-order chi connectivity index (χ0) is 11.7. The number of hydrogen-bond acceptors (Lipinski definition) is 1. The molecule has 2 aromatic carbocycles. The second-order valence-corrected chi connectivity index (χ2v) is 4.18. The molecule has 0 spiro atoms. The fourth-order valence-corrected chi connectivity index (χ4v) is 2.01. The van der Waals surface area contributed by atoms with E-state index in [1.807, 2.05) is 28.9 Å². The van der Waals surface area contributed by atoms with Gasteiger partial charge in [-0.1, -0.05) is 36.4 Å². The third-order valence-corrected chi connectivity index (χ3v) is 3.05. The predicted molar refractivity (Wildman–Crippen MR) is 68.8 cm³/mol. The molecule has 83 valence electrons. The molecular formula is C15H13N2. The zero-order valence-electron chi connectivity index (χ0n) is 9.67. The summed E-state index contributed by atoms with van der Waals surface area (Å²) in [5.41, 5.74) is 2.29. The van der Waals surface area contributed by atoms with Crippen molar-refractivity contribution in [2.24, 2.45) is 0 Å². The Morgan fingerprint density at radius 2 is 2.00 bits per heavy atom. The van der Waals surface area contributed by atoms with Gasteiger partial charge in [0.15, 0.2) is 0 Å². The van der Waals surface area contributed by atoms with E-state index in [0.29, 0.717) is 0 Å². The number of rotatable bonds is 2. The topological polar surface area (TPSA) is 17.8 Å². The molecule has 2 heteroatoms. The highest BCUT2D eigenvalue weighted by Gasteiger charge is 2.08.